The quantitative estimate of drug-likeness (QED) is 0.879. The SMILES string of the molecule is CC1CC(NC(=O)Nc2nnc(C(C)(C)C)s2)C(C)O1. The fourth-order valence-corrected chi connectivity index (χ4v) is 2.92. The van der Waals surface area contributed by atoms with Crippen molar-refractivity contribution in [3.63, 3.8) is 0 Å². The molecule has 1 aromatic heterocycles. The Labute approximate surface area is 123 Å². The number of urea groups is 1. The molecule has 1 aliphatic rings. The van der Waals surface area contributed by atoms with Crippen LogP contribution >= 0.6 is 11.3 Å². The molecular formula is C13H22N4O2S. The second-order valence-corrected chi connectivity index (χ2v) is 7.23. The van der Waals surface area contributed by atoms with Crippen molar-refractivity contribution in [2.75, 3.05) is 5.32 Å². The van der Waals surface area contributed by atoms with Crippen molar-refractivity contribution in [1.29, 1.82) is 0 Å². The third-order valence-corrected chi connectivity index (χ3v) is 4.47. The first-order valence-corrected chi connectivity index (χ1v) is 7.64. The highest BCUT2D eigenvalue weighted by Gasteiger charge is 2.30. The lowest BCUT2D eigenvalue weighted by atomic mass is 9.98. The largest absolute Gasteiger partial charge is 0.373 e. The number of nitrogens with zero attached hydrogens (tertiary/aromatic N) is 2. The van der Waals surface area contributed by atoms with Crippen molar-refractivity contribution in [2.45, 2.75) is 64.7 Å². The third kappa shape index (κ3) is 3.67. The van der Waals surface area contributed by atoms with Crippen LogP contribution in [0.4, 0.5) is 9.93 Å². The molecule has 2 heterocycles. The standard InChI is InChI=1S/C13H22N4O2S/c1-7-6-9(8(2)19-7)14-11(18)15-12-17-16-10(20-12)13(3,4)5/h7-9H,6H2,1-5H3,(H2,14,15,17,18). The number of ether oxygens (including phenoxy) is 1. The van der Waals surface area contributed by atoms with Gasteiger partial charge < -0.3 is 10.1 Å². The van der Waals surface area contributed by atoms with Gasteiger partial charge in [0.25, 0.3) is 0 Å². The average molecular weight is 298 g/mol. The summed E-state index contributed by atoms with van der Waals surface area (Å²) in [5.74, 6) is 0. The maximum Gasteiger partial charge on any atom is 0.321 e. The minimum Gasteiger partial charge on any atom is -0.373 e. The summed E-state index contributed by atoms with van der Waals surface area (Å²) in [7, 11) is 0. The predicted octanol–water partition coefficient (Wildman–Crippen LogP) is 2.52. The number of carbonyl (C=O) groups is 1. The van der Waals surface area contributed by atoms with E-state index in [0.29, 0.717) is 5.13 Å². The van der Waals surface area contributed by atoms with Gasteiger partial charge in [0.05, 0.1) is 18.2 Å². The molecule has 0 bridgehead atoms. The second-order valence-electron chi connectivity index (χ2n) is 6.25. The van der Waals surface area contributed by atoms with Crippen molar-refractivity contribution in [3.8, 4) is 0 Å². The Morgan fingerprint density at radius 3 is 2.55 bits per heavy atom. The molecule has 7 heteroatoms. The zero-order valence-corrected chi connectivity index (χ0v) is 13.4. The van der Waals surface area contributed by atoms with E-state index >= 15 is 0 Å². The molecule has 3 atom stereocenters. The van der Waals surface area contributed by atoms with Crippen LogP contribution in [0.3, 0.4) is 0 Å². The minimum atomic E-state index is -0.254. The summed E-state index contributed by atoms with van der Waals surface area (Å²) in [4.78, 5) is 11.9. The van der Waals surface area contributed by atoms with E-state index in [1.807, 2.05) is 13.8 Å². The number of hydrogen-bond acceptors (Lipinski definition) is 5. The van der Waals surface area contributed by atoms with E-state index < -0.39 is 0 Å². The van der Waals surface area contributed by atoms with Crippen molar-refractivity contribution >= 4 is 22.5 Å². The first kappa shape index (κ1) is 15.2. The van der Waals surface area contributed by atoms with Crippen LogP contribution in [0.25, 0.3) is 0 Å². The topological polar surface area (TPSA) is 76.1 Å². The van der Waals surface area contributed by atoms with Gasteiger partial charge in [-0.3, -0.25) is 5.32 Å². The second kappa shape index (κ2) is 5.65. The molecule has 1 fully saturated rings. The summed E-state index contributed by atoms with van der Waals surface area (Å²) in [6.45, 7) is 10.2. The maximum absolute atomic E-state index is 11.9. The van der Waals surface area contributed by atoms with E-state index in [9.17, 15) is 4.79 Å². The molecule has 2 rings (SSSR count). The van der Waals surface area contributed by atoms with E-state index in [0.717, 1.165) is 11.4 Å². The molecule has 1 aromatic rings. The van der Waals surface area contributed by atoms with E-state index in [-0.39, 0.29) is 29.7 Å². The van der Waals surface area contributed by atoms with Crippen LogP contribution in [0.5, 0.6) is 0 Å². The average Bonchev–Trinajstić information content (AvgIpc) is 2.86. The summed E-state index contributed by atoms with van der Waals surface area (Å²) in [5, 5.41) is 15.2. The molecular weight excluding hydrogens is 276 g/mol. The van der Waals surface area contributed by atoms with Crippen LogP contribution in [0.1, 0.15) is 46.0 Å². The van der Waals surface area contributed by atoms with E-state index in [2.05, 4.69) is 41.6 Å². The van der Waals surface area contributed by atoms with Crippen LogP contribution < -0.4 is 10.6 Å². The summed E-state index contributed by atoms with van der Waals surface area (Å²) < 4.78 is 5.61. The molecule has 2 N–H and O–H groups in total. The molecule has 3 unspecified atom stereocenters. The van der Waals surface area contributed by atoms with Gasteiger partial charge in [-0.25, -0.2) is 4.79 Å². The molecule has 0 radical (unpaired) electrons. The third-order valence-electron chi connectivity index (χ3n) is 3.20. The van der Waals surface area contributed by atoms with E-state index in [1.54, 1.807) is 0 Å². The lowest BCUT2D eigenvalue weighted by Gasteiger charge is -2.15. The normalized spacial score (nSPS) is 26.6. The molecule has 0 saturated carbocycles. The molecule has 0 aromatic carbocycles. The number of carbonyl (C=O) groups excluding carboxylic acids is 1. The van der Waals surface area contributed by atoms with Crippen molar-refractivity contribution < 1.29 is 9.53 Å². The zero-order valence-electron chi connectivity index (χ0n) is 12.6. The van der Waals surface area contributed by atoms with Crippen LogP contribution in [0.15, 0.2) is 0 Å². The van der Waals surface area contributed by atoms with Gasteiger partial charge in [0.15, 0.2) is 0 Å². The summed E-state index contributed by atoms with van der Waals surface area (Å²) in [5.41, 5.74) is -0.0582. The zero-order chi connectivity index (χ0) is 14.9. The lowest BCUT2D eigenvalue weighted by Crippen LogP contribution is -2.41. The lowest BCUT2D eigenvalue weighted by molar-refractivity contribution is 0.0615. The fraction of sp³-hybridized carbons (Fsp3) is 0.769. The van der Waals surface area contributed by atoms with Gasteiger partial charge in [-0.1, -0.05) is 32.1 Å². The summed E-state index contributed by atoms with van der Waals surface area (Å²) >= 11 is 1.40. The Hall–Kier alpha value is -1.21. The Morgan fingerprint density at radius 2 is 2.05 bits per heavy atom. The van der Waals surface area contributed by atoms with E-state index in [1.165, 1.54) is 11.3 Å². The first-order chi connectivity index (χ1) is 9.25. The van der Waals surface area contributed by atoms with Crippen molar-refractivity contribution in [1.82, 2.24) is 15.5 Å². The van der Waals surface area contributed by atoms with E-state index in [4.69, 9.17) is 4.74 Å². The molecule has 0 aliphatic carbocycles. The number of anilines is 1. The van der Waals surface area contributed by atoms with Crippen LogP contribution in [-0.4, -0.2) is 34.5 Å². The molecule has 0 spiro atoms. The predicted molar refractivity (Wildman–Crippen MR) is 79.2 cm³/mol. The Balaban J connectivity index is 1.90. The molecule has 6 nitrogen and oxygen atoms in total. The minimum absolute atomic E-state index is 0.0373. The fourth-order valence-electron chi connectivity index (χ4n) is 2.12. The first-order valence-electron chi connectivity index (χ1n) is 6.82. The van der Waals surface area contributed by atoms with Gasteiger partial charge in [0, 0.05) is 5.41 Å². The number of aromatic nitrogens is 2. The Morgan fingerprint density at radius 1 is 1.35 bits per heavy atom. The van der Waals surface area contributed by atoms with Gasteiger partial charge >= 0.3 is 6.03 Å². The smallest absolute Gasteiger partial charge is 0.321 e. The van der Waals surface area contributed by atoms with Gasteiger partial charge in [-0.15, -0.1) is 10.2 Å². The summed E-state index contributed by atoms with van der Waals surface area (Å²) in [6, 6.07) is -0.212. The molecule has 2 amide bonds. The highest BCUT2D eigenvalue weighted by Crippen LogP contribution is 2.27. The van der Waals surface area contributed by atoms with Crippen molar-refractivity contribution in [2.24, 2.45) is 0 Å². The summed E-state index contributed by atoms with van der Waals surface area (Å²) in [6.07, 6.45) is 1.05. The number of rotatable bonds is 2. The van der Waals surface area contributed by atoms with Crippen molar-refractivity contribution in [3.05, 3.63) is 5.01 Å². The molecule has 1 saturated heterocycles. The highest BCUT2D eigenvalue weighted by molar-refractivity contribution is 7.15. The van der Waals surface area contributed by atoms with Crippen LogP contribution in [0.2, 0.25) is 0 Å². The number of amides is 2. The molecule has 112 valence electrons. The molecule has 20 heavy (non-hydrogen) atoms. The van der Waals surface area contributed by atoms with Gasteiger partial charge in [-0.2, -0.15) is 0 Å². The maximum atomic E-state index is 11.9. The monoisotopic (exact) mass is 298 g/mol. The molecule has 1 aliphatic heterocycles. The number of nitrogens with one attached hydrogen (secondary N) is 2. The van der Waals surface area contributed by atoms with Crippen LogP contribution in [-0.2, 0) is 10.2 Å². The number of hydrogen-bond donors (Lipinski definition) is 2. The Bertz CT molecular complexity index is 483. The highest BCUT2D eigenvalue weighted by atomic mass is 32.1. The van der Waals surface area contributed by atoms with Crippen LogP contribution in [0, 0.1) is 0 Å². The Kier molecular flexibility index (Phi) is 4.29. The van der Waals surface area contributed by atoms with Gasteiger partial charge in [0.2, 0.25) is 5.13 Å². The van der Waals surface area contributed by atoms with Gasteiger partial charge in [-0.05, 0) is 20.3 Å². The van der Waals surface area contributed by atoms with Gasteiger partial charge in [0.1, 0.15) is 5.01 Å².